The molecule has 0 spiro atoms. The highest BCUT2D eigenvalue weighted by Gasteiger charge is 2.33. The number of aryl methyl sites for hydroxylation is 2. The molecular weight excluding hydrogens is 518 g/mol. The van der Waals surface area contributed by atoms with Gasteiger partial charge >= 0.3 is 0 Å². The molecule has 0 saturated carbocycles. The molecule has 202 valence electrons. The van der Waals surface area contributed by atoms with E-state index in [-0.39, 0.29) is 17.3 Å². The Hall–Kier alpha value is -3.30. The Bertz CT molecular complexity index is 1360. The van der Waals surface area contributed by atoms with Gasteiger partial charge in [0, 0.05) is 18.5 Å². The van der Waals surface area contributed by atoms with Crippen LogP contribution in [0.1, 0.15) is 30.0 Å². The second kappa shape index (κ2) is 13.0. The second-order valence-electron chi connectivity index (χ2n) is 9.07. The molecule has 1 N–H and O–H groups in total. The number of nitrogens with zero attached hydrogens (tertiary/aromatic N) is 2. The first-order chi connectivity index (χ1) is 18.1. The molecule has 0 aliphatic carbocycles. The molecule has 3 aromatic carbocycles. The average Bonchev–Trinajstić information content (AvgIpc) is 2.91. The maximum absolute atomic E-state index is 13.9. The van der Waals surface area contributed by atoms with Gasteiger partial charge in [0.1, 0.15) is 12.6 Å². The number of anilines is 1. The first kappa shape index (κ1) is 29.3. The number of amides is 2. The summed E-state index contributed by atoms with van der Waals surface area (Å²) in [5.74, 6) is -0.766. The lowest BCUT2D eigenvalue weighted by Gasteiger charge is -2.33. The molecule has 2 amide bonds. The fraction of sp³-hybridized carbons (Fsp3) is 0.310. The van der Waals surface area contributed by atoms with Gasteiger partial charge in [-0.2, -0.15) is 0 Å². The van der Waals surface area contributed by atoms with Crippen molar-refractivity contribution in [1.29, 1.82) is 0 Å². The summed E-state index contributed by atoms with van der Waals surface area (Å²) in [5, 5.41) is 2.64. The maximum atomic E-state index is 13.9. The number of rotatable bonds is 11. The van der Waals surface area contributed by atoms with Crippen molar-refractivity contribution in [2.45, 2.75) is 49.6 Å². The summed E-state index contributed by atoms with van der Waals surface area (Å²) in [6, 6.07) is 20.6. The molecule has 0 aliphatic heterocycles. The summed E-state index contributed by atoms with van der Waals surface area (Å²) >= 11 is 1.51. The third-order valence-corrected chi connectivity index (χ3v) is 8.85. The Balaban J connectivity index is 2.05. The predicted octanol–water partition coefficient (Wildman–Crippen LogP) is 4.77. The summed E-state index contributed by atoms with van der Waals surface area (Å²) in [4.78, 5) is 29.2. The van der Waals surface area contributed by atoms with E-state index in [1.165, 1.54) is 23.7 Å². The molecule has 0 aromatic heterocycles. The Kier molecular flexibility index (Phi) is 9.99. The zero-order chi connectivity index (χ0) is 27.9. The van der Waals surface area contributed by atoms with Crippen molar-refractivity contribution in [2.24, 2.45) is 0 Å². The summed E-state index contributed by atoms with van der Waals surface area (Å²) < 4.78 is 28.9. The van der Waals surface area contributed by atoms with Crippen LogP contribution in [0.5, 0.6) is 0 Å². The average molecular weight is 554 g/mol. The largest absolute Gasteiger partial charge is 0.357 e. The number of hydrogen-bond acceptors (Lipinski definition) is 5. The van der Waals surface area contributed by atoms with E-state index in [9.17, 15) is 18.0 Å². The molecule has 3 aromatic rings. The summed E-state index contributed by atoms with van der Waals surface area (Å²) in [6.45, 7) is 5.43. The lowest BCUT2D eigenvalue weighted by Crippen LogP contribution is -2.51. The Morgan fingerprint density at radius 1 is 0.947 bits per heavy atom. The maximum Gasteiger partial charge on any atom is 0.264 e. The zero-order valence-corrected chi connectivity index (χ0v) is 24.1. The van der Waals surface area contributed by atoms with Crippen molar-refractivity contribution in [3.05, 3.63) is 89.5 Å². The van der Waals surface area contributed by atoms with Gasteiger partial charge in [-0.1, -0.05) is 54.4 Å². The molecule has 7 nitrogen and oxygen atoms in total. The van der Waals surface area contributed by atoms with Gasteiger partial charge in [-0.05, 0) is 68.5 Å². The van der Waals surface area contributed by atoms with Gasteiger partial charge in [-0.3, -0.25) is 13.9 Å². The van der Waals surface area contributed by atoms with Crippen molar-refractivity contribution in [1.82, 2.24) is 10.2 Å². The SMILES string of the molecule is CCC(C(=O)NC)N(Cc1cccc(C)c1)C(=O)CN(c1ccc(C)cc1)S(=O)(=O)c1ccc(SC)cc1. The highest BCUT2D eigenvalue weighted by Crippen LogP contribution is 2.27. The van der Waals surface area contributed by atoms with E-state index in [1.807, 2.05) is 63.4 Å². The molecule has 0 fully saturated rings. The number of sulfonamides is 1. The molecule has 38 heavy (non-hydrogen) atoms. The Morgan fingerprint density at radius 2 is 1.61 bits per heavy atom. The van der Waals surface area contributed by atoms with E-state index in [2.05, 4.69) is 5.32 Å². The van der Waals surface area contributed by atoms with E-state index < -0.39 is 28.5 Å². The van der Waals surface area contributed by atoms with Crippen LogP contribution in [0.15, 0.2) is 82.6 Å². The second-order valence-corrected chi connectivity index (χ2v) is 11.8. The van der Waals surface area contributed by atoms with Gasteiger partial charge in [0.05, 0.1) is 10.6 Å². The van der Waals surface area contributed by atoms with Gasteiger partial charge in [-0.25, -0.2) is 8.42 Å². The lowest BCUT2D eigenvalue weighted by molar-refractivity contribution is -0.140. The molecule has 0 radical (unpaired) electrons. The number of benzene rings is 3. The van der Waals surface area contributed by atoms with Crippen molar-refractivity contribution in [3.8, 4) is 0 Å². The molecule has 0 bridgehead atoms. The molecule has 0 aliphatic rings. The topological polar surface area (TPSA) is 86.8 Å². The molecule has 3 rings (SSSR count). The van der Waals surface area contributed by atoms with Crippen LogP contribution < -0.4 is 9.62 Å². The van der Waals surface area contributed by atoms with Crippen LogP contribution in [-0.2, 0) is 26.2 Å². The van der Waals surface area contributed by atoms with Gasteiger partial charge in [-0.15, -0.1) is 11.8 Å². The number of carbonyl (C=O) groups is 2. The quantitative estimate of drug-likeness (QED) is 0.346. The number of nitrogens with one attached hydrogen (secondary N) is 1. The van der Waals surface area contributed by atoms with Gasteiger partial charge in [0.25, 0.3) is 10.0 Å². The smallest absolute Gasteiger partial charge is 0.264 e. The summed E-state index contributed by atoms with van der Waals surface area (Å²) in [5.41, 5.74) is 3.23. The van der Waals surface area contributed by atoms with E-state index in [1.54, 1.807) is 36.4 Å². The first-order valence-corrected chi connectivity index (χ1v) is 15.1. The zero-order valence-electron chi connectivity index (χ0n) is 22.5. The third-order valence-electron chi connectivity index (χ3n) is 6.32. The summed E-state index contributed by atoms with van der Waals surface area (Å²) in [6.07, 6.45) is 2.30. The van der Waals surface area contributed by atoms with Crippen LogP contribution in [0, 0.1) is 13.8 Å². The molecule has 0 saturated heterocycles. The van der Waals surface area contributed by atoms with Gasteiger partial charge < -0.3 is 10.2 Å². The van der Waals surface area contributed by atoms with E-state index in [0.29, 0.717) is 12.1 Å². The van der Waals surface area contributed by atoms with Crippen LogP contribution in [0.25, 0.3) is 0 Å². The van der Waals surface area contributed by atoms with Crippen molar-refractivity contribution >= 4 is 39.3 Å². The van der Waals surface area contributed by atoms with Crippen molar-refractivity contribution in [2.75, 3.05) is 24.2 Å². The van der Waals surface area contributed by atoms with Crippen molar-refractivity contribution in [3.63, 3.8) is 0 Å². The summed E-state index contributed by atoms with van der Waals surface area (Å²) in [7, 11) is -2.55. The number of hydrogen-bond donors (Lipinski definition) is 1. The van der Waals surface area contributed by atoms with E-state index in [4.69, 9.17) is 0 Å². The fourth-order valence-electron chi connectivity index (χ4n) is 4.21. The van der Waals surface area contributed by atoms with E-state index in [0.717, 1.165) is 25.9 Å². The highest BCUT2D eigenvalue weighted by molar-refractivity contribution is 7.98. The molecule has 0 heterocycles. The normalized spacial score (nSPS) is 12.0. The van der Waals surface area contributed by atoms with Gasteiger partial charge in [0.2, 0.25) is 11.8 Å². The minimum absolute atomic E-state index is 0.0900. The standard InChI is InChI=1S/C29H35N3O4S2/c1-6-27(29(34)30-4)31(19-23-9-7-8-22(3)18-23)28(33)20-32(24-12-10-21(2)11-13-24)38(35,36)26-16-14-25(37-5)15-17-26/h7-18,27H,6,19-20H2,1-5H3,(H,30,34). The van der Waals surface area contributed by atoms with Crippen LogP contribution in [0.4, 0.5) is 5.69 Å². The van der Waals surface area contributed by atoms with Crippen molar-refractivity contribution < 1.29 is 18.0 Å². The first-order valence-electron chi connectivity index (χ1n) is 12.4. The minimum Gasteiger partial charge on any atom is -0.357 e. The van der Waals surface area contributed by atoms with Crippen LogP contribution in [0.2, 0.25) is 0 Å². The van der Waals surface area contributed by atoms with Crippen LogP contribution in [0.3, 0.4) is 0 Å². The molecule has 9 heteroatoms. The molecule has 1 atom stereocenters. The van der Waals surface area contributed by atoms with Crippen LogP contribution >= 0.6 is 11.8 Å². The fourth-order valence-corrected chi connectivity index (χ4v) is 6.03. The minimum atomic E-state index is -4.08. The van der Waals surface area contributed by atoms with E-state index >= 15 is 0 Å². The van der Waals surface area contributed by atoms with Crippen LogP contribution in [-0.4, -0.2) is 51.0 Å². The third kappa shape index (κ3) is 6.96. The molecule has 1 unspecified atom stereocenters. The number of carbonyl (C=O) groups excluding carboxylic acids is 2. The molecular formula is C29H35N3O4S2. The Labute approximate surface area is 230 Å². The number of likely N-dealkylation sites (N-methyl/N-ethyl adjacent to an activating group) is 1. The van der Waals surface area contributed by atoms with Gasteiger partial charge in [0.15, 0.2) is 0 Å². The lowest BCUT2D eigenvalue weighted by atomic mass is 10.1. The Morgan fingerprint density at radius 3 is 2.16 bits per heavy atom. The monoisotopic (exact) mass is 553 g/mol. The highest BCUT2D eigenvalue weighted by atomic mass is 32.2. The predicted molar refractivity (Wildman–Crippen MR) is 154 cm³/mol. The number of thioether (sulfide) groups is 1.